The Balaban J connectivity index is 2.14. The highest BCUT2D eigenvalue weighted by atomic mass is 16.5. The summed E-state index contributed by atoms with van der Waals surface area (Å²) < 4.78 is 4.95. The summed E-state index contributed by atoms with van der Waals surface area (Å²) in [6.45, 7) is 4.77. The zero-order valence-corrected chi connectivity index (χ0v) is 7.95. The average molecular weight is 182 g/mol. The second kappa shape index (κ2) is 3.43. The van der Waals surface area contributed by atoms with Crippen LogP contribution in [0, 0.1) is 6.92 Å². The third kappa shape index (κ3) is 1.71. The van der Waals surface area contributed by atoms with E-state index >= 15 is 0 Å². The standard InChI is InChI=1S/C8H14N4O/c1-6-10-8(11-13-6)7-5-9-3-4-12(7)2/h7,9H,3-5H2,1-2H3. The fourth-order valence-corrected chi connectivity index (χ4v) is 1.54. The van der Waals surface area contributed by atoms with Gasteiger partial charge in [-0.2, -0.15) is 4.98 Å². The van der Waals surface area contributed by atoms with Gasteiger partial charge in [-0.15, -0.1) is 0 Å². The number of nitrogens with zero attached hydrogens (tertiary/aromatic N) is 3. The molecule has 1 N–H and O–H groups in total. The van der Waals surface area contributed by atoms with Crippen LogP contribution >= 0.6 is 0 Å². The van der Waals surface area contributed by atoms with Crippen LogP contribution in [0.15, 0.2) is 4.52 Å². The van der Waals surface area contributed by atoms with Crippen LogP contribution in [0.4, 0.5) is 0 Å². The van der Waals surface area contributed by atoms with Crippen molar-refractivity contribution in [2.24, 2.45) is 0 Å². The van der Waals surface area contributed by atoms with Crippen molar-refractivity contribution in [1.82, 2.24) is 20.4 Å². The summed E-state index contributed by atoms with van der Waals surface area (Å²) in [4.78, 5) is 6.46. The number of rotatable bonds is 1. The van der Waals surface area contributed by atoms with E-state index in [-0.39, 0.29) is 6.04 Å². The maximum atomic E-state index is 4.95. The Morgan fingerprint density at radius 3 is 3.08 bits per heavy atom. The molecule has 1 unspecified atom stereocenters. The van der Waals surface area contributed by atoms with Crippen molar-refractivity contribution in [3.05, 3.63) is 11.7 Å². The molecule has 0 aliphatic carbocycles. The predicted molar refractivity (Wildman–Crippen MR) is 47.3 cm³/mol. The molecule has 0 radical (unpaired) electrons. The highest BCUT2D eigenvalue weighted by molar-refractivity contribution is 4.96. The van der Waals surface area contributed by atoms with E-state index in [9.17, 15) is 0 Å². The molecule has 0 spiro atoms. The van der Waals surface area contributed by atoms with Gasteiger partial charge in [-0.25, -0.2) is 0 Å². The summed E-state index contributed by atoms with van der Waals surface area (Å²) in [7, 11) is 2.08. The number of nitrogens with one attached hydrogen (secondary N) is 1. The first-order valence-electron chi connectivity index (χ1n) is 4.48. The van der Waals surface area contributed by atoms with E-state index in [2.05, 4.69) is 27.4 Å². The van der Waals surface area contributed by atoms with E-state index in [1.54, 1.807) is 0 Å². The molecule has 0 amide bonds. The number of hydrogen-bond donors (Lipinski definition) is 1. The van der Waals surface area contributed by atoms with Crippen molar-refractivity contribution >= 4 is 0 Å². The summed E-state index contributed by atoms with van der Waals surface area (Å²) >= 11 is 0. The van der Waals surface area contributed by atoms with Crippen LogP contribution in [-0.2, 0) is 0 Å². The minimum atomic E-state index is 0.256. The molecule has 1 aliphatic heterocycles. The van der Waals surface area contributed by atoms with Gasteiger partial charge in [0.1, 0.15) is 0 Å². The SMILES string of the molecule is Cc1nc(C2CNCCN2C)no1. The van der Waals surface area contributed by atoms with Crippen LogP contribution in [0.1, 0.15) is 17.8 Å². The first-order chi connectivity index (χ1) is 6.27. The van der Waals surface area contributed by atoms with Crippen LogP contribution < -0.4 is 5.32 Å². The topological polar surface area (TPSA) is 54.2 Å². The number of aryl methyl sites for hydroxylation is 1. The van der Waals surface area contributed by atoms with Gasteiger partial charge in [0.25, 0.3) is 0 Å². The molecular weight excluding hydrogens is 168 g/mol. The van der Waals surface area contributed by atoms with Crippen molar-refractivity contribution in [1.29, 1.82) is 0 Å². The number of likely N-dealkylation sites (N-methyl/N-ethyl adjacent to an activating group) is 1. The van der Waals surface area contributed by atoms with E-state index < -0.39 is 0 Å². The fourth-order valence-electron chi connectivity index (χ4n) is 1.54. The molecule has 13 heavy (non-hydrogen) atoms. The Kier molecular flexibility index (Phi) is 2.28. The maximum absolute atomic E-state index is 4.95. The smallest absolute Gasteiger partial charge is 0.223 e. The Labute approximate surface area is 77.1 Å². The number of piperazine rings is 1. The fraction of sp³-hybridized carbons (Fsp3) is 0.750. The molecule has 5 heteroatoms. The molecule has 2 rings (SSSR count). The highest BCUT2D eigenvalue weighted by Crippen LogP contribution is 2.16. The van der Waals surface area contributed by atoms with Gasteiger partial charge in [0.2, 0.25) is 5.89 Å². The predicted octanol–water partition coefficient (Wildman–Crippen LogP) is -0.0459. The van der Waals surface area contributed by atoms with Crippen molar-refractivity contribution in [2.45, 2.75) is 13.0 Å². The Morgan fingerprint density at radius 2 is 2.46 bits per heavy atom. The van der Waals surface area contributed by atoms with Crippen molar-refractivity contribution < 1.29 is 4.52 Å². The number of aromatic nitrogens is 2. The van der Waals surface area contributed by atoms with Crippen LogP contribution in [-0.4, -0.2) is 41.7 Å². The third-order valence-electron chi connectivity index (χ3n) is 2.35. The molecule has 2 heterocycles. The average Bonchev–Trinajstić information content (AvgIpc) is 2.53. The van der Waals surface area contributed by atoms with Crippen LogP contribution in [0.25, 0.3) is 0 Å². The number of hydrogen-bond acceptors (Lipinski definition) is 5. The van der Waals surface area contributed by atoms with Crippen molar-refractivity contribution in [2.75, 3.05) is 26.7 Å². The second-order valence-corrected chi connectivity index (χ2v) is 3.37. The lowest BCUT2D eigenvalue weighted by Gasteiger charge is -2.30. The molecular formula is C8H14N4O. The summed E-state index contributed by atoms with van der Waals surface area (Å²) in [6.07, 6.45) is 0. The van der Waals surface area contributed by atoms with Gasteiger partial charge in [-0.3, -0.25) is 4.90 Å². The van der Waals surface area contributed by atoms with Crippen molar-refractivity contribution in [3.8, 4) is 0 Å². The molecule has 1 saturated heterocycles. The Bertz CT molecular complexity index is 285. The van der Waals surface area contributed by atoms with E-state index in [4.69, 9.17) is 4.52 Å². The van der Waals surface area contributed by atoms with Crippen molar-refractivity contribution in [3.63, 3.8) is 0 Å². The lowest BCUT2D eigenvalue weighted by molar-refractivity contribution is 0.190. The highest BCUT2D eigenvalue weighted by Gasteiger charge is 2.24. The quantitative estimate of drug-likeness (QED) is 0.660. The lowest BCUT2D eigenvalue weighted by atomic mass is 10.2. The largest absolute Gasteiger partial charge is 0.340 e. The summed E-state index contributed by atoms with van der Waals surface area (Å²) in [5.41, 5.74) is 0. The second-order valence-electron chi connectivity index (χ2n) is 3.37. The van der Waals surface area contributed by atoms with Gasteiger partial charge in [-0.1, -0.05) is 5.16 Å². The van der Waals surface area contributed by atoms with Crippen LogP contribution in [0.3, 0.4) is 0 Å². The van der Waals surface area contributed by atoms with Gasteiger partial charge in [0, 0.05) is 26.6 Å². The third-order valence-corrected chi connectivity index (χ3v) is 2.35. The first kappa shape index (κ1) is 8.65. The monoisotopic (exact) mass is 182 g/mol. The van der Waals surface area contributed by atoms with Gasteiger partial charge in [0.15, 0.2) is 5.82 Å². The van der Waals surface area contributed by atoms with Crippen LogP contribution in [0.5, 0.6) is 0 Å². The molecule has 5 nitrogen and oxygen atoms in total. The Morgan fingerprint density at radius 1 is 1.62 bits per heavy atom. The minimum absolute atomic E-state index is 0.256. The maximum Gasteiger partial charge on any atom is 0.223 e. The zero-order chi connectivity index (χ0) is 9.26. The van der Waals surface area contributed by atoms with E-state index in [0.29, 0.717) is 5.89 Å². The molecule has 0 saturated carbocycles. The summed E-state index contributed by atoms with van der Waals surface area (Å²) in [5.74, 6) is 1.42. The van der Waals surface area contributed by atoms with Crippen LogP contribution in [0.2, 0.25) is 0 Å². The normalized spacial score (nSPS) is 24.9. The van der Waals surface area contributed by atoms with Gasteiger partial charge >= 0.3 is 0 Å². The van der Waals surface area contributed by atoms with E-state index in [1.807, 2.05) is 6.92 Å². The van der Waals surface area contributed by atoms with E-state index in [1.165, 1.54) is 0 Å². The van der Waals surface area contributed by atoms with Gasteiger partial charge < -0.3 is 9.84 Å². The molecule has 0 bridgehead atoms. The lowest BCUT2D eigenvalue weighted by Crippen LogP contribution is -2.44. The molecule has 1 aromatic rings. The molecule has 1 aliphatic rings. The molecule has 1 fully saturated rings. The van der Waals surface area contributed by atoms with Gasteiger partial charge in [0.05, 0.1) is 6.04 Å². The first-order valence-corrected chi connectivity index (χ1v) is 4.48. The van der Waals surface area contributed by atoms with Gasteiger partial charge in [-0.05, 0) is 7.05 Å². The summed E-state index contributed by atoms with van der Waals surface area (Å²) in [6, 6.07) is 0.256. The zero-order valence-electron chi connectivity index (χ0n) is 7.95. The molecule has 72 valence electrons. The Hall–Kier alpha value is -0.940. The summed E-state index contributed by atoms with van der Waals surface area (Å²) in [5, 5.41) is 7.23. The molecule has 1 aromatic heterocycles. The van der Waals surface area contributed by atoms with E-state index in [0.717, 1.165) is 25.5 Å². The molecule has 0 aromatic carbocycles. The minimum Gasteiger partial charge on any atom is -0.340 e. The molecule has 1 atom stereocenters.